The van der Waals surface area contributed by atoms with Gasteiger partial charge in [-0.3, -0.25) is 0 Å². The van der Waals surface area contributed by atoms with E-state index in [1.165, 1.54) is 63.4 Å². The summed E-state index contributed by atoms with van der Waals surface area (Å²) in [5.41, 5.74) is 2.60. The fourth-order valence-electron chi connectivity index (χ4n) is 11.5. The van der Waals surface area contributed by atoms with Crippen molar-refractivity contribution in [2.75, 3.05) is 6.61 Å². The number of aliphatic hydroxyl groups is 2. The second kappa shape index (κ2) is 7.09. The van der Waals surface area contributed by atoms with Crippen molar-refractivity contribution in [3.8, 4) is 0 Å². The molecule has 5 saturated carbocycles. The molecule has 32 heavy (non-hydrogen) atoms. The van der Waals surface area contributed by atoms with E-state index in [4.69, 9.17) is 0 Å². The average Bonchev–Trinajstić information content (AvgIpc) is 3.12. The Morgan fingerprint density at radius 1 is 0.812 bits per heavy atom. The number of aliphatic hydroxyl groups excluding tert-OH is 2. The normalized spacial score (nSPS) is 56.5. The van der Waals surface area contributed by atoms with Crippen LogP contribution in [0.2, 0.25) is 0 Å². The molecule has 10 atom stereocenters. The van der Waals surface area contributed by atoms with Gasteiger partial charge in [-0.15, -0.1) is 0 Å². The van der Waals surface area contributed by atoms with E-state index < -0.39 is 0 Å². The smallest absolute Gasteiger partial charge is 0.0594 e. The van der Waals surface area contributed by atoms with Crippen LogP contribution in [0.1, 0.15) is 106 Å². The molecule has 2 heteroatoms. The van der Waals surface area contributed by atoms with Crippen LogP contribution in [-0.4, -0.2) is 22.9 Å². The summed E-state index contributed by atoms with van der Waals surface area (Å²) in [7, 11) is 0. The summed E-state index contributed by atoms with van der Waals surface area (Å²) >= 11 is 0. The highest BCUT2D eigenvalue weighted by molar-refractivity contribution is 5.21. The zero-order chi connectivity index (χ0) is 23.3. The van der Waals surface area contributed by atoms with Gasteiger partial charge in [-0.1, -0.05) is 46.8 Å². The fraction of sp³-hybridized carbons (Fsp3) is 0.933. The quantitative estimate of drug-likeness (QED) is 0.452. The van der Waals surface area contributed by atoms with Gasteiger partial charge in [-0.25, -0.2) is 0 Å². The summed E-state index contributed by atoms with van der Waals surface area (Å²) in [5, 5.41) is 21.5. The maximum atomic E-state index is 10.9. The van der Waals surface area contributed by atoms with E-state index in [9.17, 15) is 10.2 Å². The van der Waals surface area contributed by atoms with E-state index in [1.807, 2.05) is 0 Å². The third-order valence-corrected chi connectivity index (χ3v) is 13.5. The molecule has 5 aliphatic carbocycles. The Kier molecular flexibility index (Phi) is 5.19. The van der Waals surface area contributed by atoms with Gasteiger partial charge >= 0.3 is 0 Å². The molecule has 0 heterocycles. The first-order chi connectivity index (χ1) is 14.9. The van der Waals surface area contributed by atoms with Gasteiger partial charge in [0.2, 0.25) is 0 Å². The summed E-state index contributed by atoms with van der Waals surface area (Å²) in [6.07, 6.45) is 12.2. The monoisotopic (exact) mass is 442 g/mol. The maximum absolute atomic E-state index is 10.9. The van der Waals surface area contributed by atoms with Crippen LogP contribution in [0, 0.1) is 56.7 Å². The highest BCUT2D eigenvalue weighted by Crippen LogP contribution is 2.77. The Balaban J connectivity index is 1.55. The lowest BCUT2D eigenvalue weighted by molar-refractivity contribution is -0.249. The van der Waals surface area contributed by atoms with E-state index in [2.05, 4.69) is 48.1 Å². The van der Waals surface area contributed by atoms with Gasteiger partial charge in [-0.05, 0) is 128 Å². The summed E-state index contributed by atoms with van der Waals surface area (Å²) in [4.78, 5) is 0. The van der Waals surface area contributed by atoms with Gasteiger partial charge in [-0.2, -0.15) is 0 Å². The molecule has 0 saturated heterocycles. The second-order valence-electron chi connectivity index (χ2n) is 14.6. The summed E-state index contributed by atoms with van der Waals surface area (Å²) in [6.45, 7) is 19.7. The molecule has 2 N–H and O–H groups in total. The van der Waals surface area contributed by atoms with Crippen molar-refractivity contribution in [3.05, 3.63) is 12.2 Å². The largest absolute Gasteiger partial charge is 0.396 e. The van der Waals surface area contributed by atoms with Gasteiger partial charge in [0.1, 0.15) is 0 Å². The standard InChI is InChI=1S/C30H50O2/c1-19(2)20-10-15-30(18-31)17-16-28(6)21(25(20)30)8-9-23-27(5)13-12-24(32)26(3,4)22(27)11-14-29(23,28)7/h20-25,31-32H,1,8-18H2,2-7H3/t20-,21-,22-,23-,24+,25+,27-,28-,29-,30+/m0/s1. The molecule has 0 bridgehead atoms. The van der Waals surface area contributed by atoms with E-state index in [0.29, 0.717) is 40.6 Å². The molecule has 5 aliphatic rings. The van der Waals surface area contributed by atoms with E-state index >= 15 is 0 Å². The number of allylic oxidation sites excluding steroid dienone is 1. The third-order valence-electron chi connectivity index (χ3n) is 13.5. The van der Waals surface area contributed by atoms with Crippen LogP contribution in [-0.2, 0) is 0 Å². The van der Waals surface area contributed by atoms with Crippen LogP contribution in [0.3, 0.4) is 0 Å². The molecule has 0 radical (unpaired) electrons. The zero-order valence-corrected chi connectivity index (χ0v) is 21.8. The molecule has 182 valence electrons. The van der Waals surface area contributed by atoms with Crippen LogP contribution >= 0.6 is 0 Å². The molecule has 0 aromatic rings. The van der Waals surface area contributed by atoms with Gasteiger partial charge in [0.05, 0.1) is 6.10 Å². The first-order valence-electron chi connectivity index (χ1n) is 13.8. The Morgan fingerprint density at radius 2 is 1.53 bits per heavy atom. The van der Waals surface area contributed by atoms with Crippen LogP contribution in [0.5, 0.6) is 0 Å². The minimum Gasteiger partial charge on any atom is -0.396 e. The molecular formula is C30H50O2. The molecule has 0 aromatic carbocycles. The molecule has 2 nitrogen and oxygen atoms in total. The first-order valence-corrected chi connectivity index (χ1v) is 13.8. The highest BCUT2D eigenvalue weighted by atomic mass is 16.3. The molecule has 0 spiro atoms. The van der Waals surface area contributed by atoms with E-state index in [0.717, 1.165) is 18.3 Å². The predicted molar refractivity (Wildman–Crippen MR) is 132 cm³/mol. The van der Waals surface area contributed by atoms with Crippen molar-refractivity contribution < 1.29 is 10.2 Å². The first kappa shape index (κ1) is 23.4. The van der Waals surface area contributed by atoms with Crippen molar-refractivity contribution in [3.63, 3.8) is 0 Å². The van der Waals surface area contributed by atoms with Gasteiger partial charge in [0.15, 0.2) is 0 Å². The third kappa shape index (κ3) is 2.66. The van der Waals surface area contributed by atoms with Crippen molar-refractivity contribution in [2.24, 2.45) is 56.7 Å². The number of fused-ring (bicyclic) bond motifs is 7. The maximum Gasteiger partial charge on any atom is 0.0594 e. The summed E-state index contributed by atoms with van der Waals surface area (Å²) in [5.74, 6) is 3.33. The number of hydrogen-bond donors (Lipinski definition) is 2. The van der Waals surface area contributed by atoms with Gasteiger partial charge < -0.3 is 10.2 Å². The van der Waals surface area contributed by atoms with Crippen molar-refractivity contribution in [2.45, 2.75) is 112 Å². The minimum atomic E-state index is -0.147. The number of rotatable bonds is 2. The fourth-order valence-corrected chi connectivity index (χ4v) is 11.5. The Morgan fingerprint density at radius 3 is 2.19 bits per heavy atom. The molecule has 5 fully saturated rings. The molecule has 0 unspecified atom stereocenters. The summed E-state index contributed by atoms with van der Waals surface area (Å²) < 4.78 is 0. The molecule has 0 amide bonds. The van der Waals surface area contributed by atoms with Crippen LogP contribution in [0.15, 0.2) is 12.2 Å². The van der Waals surface area contributed by atoms with Crippen molar-refractivity contribution in [1.82, 2.24) is 0 Å². The lowest BCUT2D eigenvalue weighted by Crippen LogP contribution is -2.66. The lowest BCUT2D eigenvalue weighted by atomic mass is 9.32. The lowest BCUT2D eigenvalue weighted by Gasteiger charge is -2.73. The van der Waals surface area contributed by atoms with Crippen LogP contribution in [0.25, 0.3) is 0 Å². The Bertz CT molecular complexity index is 786. The van der Waals surface area contributed by atoms with Gasteiger partial charge in [0, 0.05) is 6.61 Å². The minimum absolute atomic E-state index is 0.0290. The van der Waals surface area contributed by atoms with Crippen molar-refractivity contribution in [1.29, 1.82) is 0 Å². The molecule has 0 aromatic heterocycles. The summed E-state index contributed by atoms with van der Waals surface area (Å²) in [6, 6.07) is 0. The molecule has 5 rings (SSSR count). The molecular weight excluding hydrogens is 392 g/mol. The average molecular weight is 443 g/mol. The highest BCUT2D eigenvalue weighted by Gasteiger charge is 2.70. The number of hydrogen-bond acceptors (Lipinski definition) is 2. The predicted octanol–water partition coefficient (Wildman–Crippen LogP) is 7.00. The molecule has 0 aliphatic heterocycles. The Labute approximate surface area is 197 Å². The van der Waals surface area contributed by atoms with Crippen LogP contribution in [0.4, 0.5) is 0 Å². The van der Waals surface area contributed by atoms with E-state index in [-0.39, 0.29) is 16.9 Å². The Hall–Kier alpha value is -0.340. The topological polar surface area (TPSA) is 40.5 Å². The van der Waals surface area contributed by atoms with E-state index in [1.54, 1.807) is 0 Å². The van der Waals surface area contributed by atoms with Crippen molar-refractivity contribution >= 4 is 0 Å². The van der Waals surface area contributed by atoms with Gasteiger partial charge in [0.25, 0.3) is 0 Å². The van der Waals surface area contributed by atoms with Crippen LogP contribution < -0.4 is 0 Å². The second-order valence-corrected chi connectivity index (χ2v) is 14.6. The SMILES string of the molecule is C=C(C)[C@@H]1CC[C@]2(CO)CC[C@@]3(C)[C@@H](CC[C@H]4[C@@]5(C)CC[C@@H](O)C(C)(C)[C@@H]5CC[C@@]43C)[C@@H]12. The zero-order valence-electron chi connectivity index (χ0n) is 21.8.